The van der Waals surface area contributed by atoms with Gasteiger partial charge in [0, 0.05) is 5.69 Å². The highest BCUT2D eigenvalue weighted by Crippen LogP contribution is 2.19. The Labute approximate surface area is 104 Å². The summed E-state index contributed by atoms with van der Waals surface area (Å²) >= 11 is 0. The molecule has 2 rings (SSSR count). The van der Waals surface area contributed by atoms with Crippen LogP contribution in [0.2, 0.25) is 0 Å². The molecular formula is C12H13N3O3. The zero-order valence-electron chi connectivity index (χ0n) is 10.1. The molecule has 94 valence electrons. The first-order chi connectivity index (χ1) is 8.56. The molecule has 0 saturated carbocycles. The van der Waals surface area contributed by atoms with Gasteiger partial charge in [-0.1, -0.05) is 22.9 Å². The number of nitrogens with one attached hydrogen (secondary N) is 1. The SMILES string of the molecule is Cc1cccc(C)c1NC(=O)C[n+]1cc([O-])on1. The van der Waals surface area contributed by atoms with Crippen molar-refractivity contribution in [3.05, 3.63) is 35.5 Å². The van der Waals surface area contributed by atoms with Crippen LogP contribution in [-0.2, 0) is 11.3 Å². The molecule has 18 heavy (non-hydrogen) atoms. The predicted octanol–water partition coefficient (Wildman–Crippen LogP) is 0.291. The van der Waals surface area contributed by atoms with Crippen LogP contribution in [0.15, 0.2) is 28.9 Å². The summed E-state index contributed by atoms with van der Waals surface area (Å²) in [6.07, 6.45) is 1.13. The average Bonchev–Trinajstić information content (AvgIpc) is 2.69. The quantitative estimate of drug-likeness (QED) is 0.790. The van der Waals surface area contributed by atoms with Crippen LogP contribution < -0.4 is 15.1 Å². The Morgan fingerprint density at radius 1 is 1.44 bits per heavy atom. The van der Waals surface area contributed by atoms with Gasteiger partial charge < -0.3 is 14.9 Å². The predicted molar refractivity (Wildman–Crippen MR) is 60.7 cm³/mol. The van der Waals surface area contributed by atoms with Crippen LogP contribution in [-0.4, -0.2) is 11.2 Å². The second-order valence-electron chi connectivity index (χ2n) is 4.03. The van der Waals surface area contributed by atoms with Crippen LogP contribution >= 0.6 is 0 Å². The molecule has 0 atom stereocenters. The van der Waals surface area contributed by atoms with Crippen molar-refractivity contribution in [3.8, 4) is 5.95 Å². The summed E-state index contributed by atoms with van der Waals surface area (Å²) in [5, 5.41) is 17.0. The molecule has 6 nitrogen and oxygen atoms in total. The van der Waals surface area contributed by atoms with Gasteiger partial charge >= 0.3 is 0 Å². The van der Waals surface area contributed by atoms with E-state index in [-0.39, 0.29) is 12.5 Å². The Hall–Kier alpha value is -2.37. The molecule has 1 N–H and O–H groups in total. The molecule has 1 heterocycles. The van der Waals surface area contributed by atoms with Gasteiger partial charge in [0.2, 0.25) is 6.20 Å². The van der Waals surface area contributed by atoms with Gasteiger partial charge in [0.25, 0.3) is 12.5 Å². The molecule has 0 aliphatic rings. The van der Waals surface area contributed by atoms with Crippen LogP contribution in [0.25, 0.3) is 0 Å². The van der Waals surface area contributed by atoms with E-state index in [0.29, 0.717) is 0 Å². The smallest absolute Gasteiger partial charge is 0.292 e. The fourth-order valence-electron chi connectivity index (χ4n) is 1.67. The maximum absolute atomic E-state index is 11.8. The Balaban J connectivity index is 2.08. The number of amides is 1. The number of hydrogen-bond acceptors (Lipinski definition) is 4. The average molecular weight is 247 g/mol. The molecule has 0 aliphatic carbocycles. The van der Waals surface area contributed by atoms with E-state index in [9.17, 15) is 9.90 Å². The van der Waals surface area contributed by atoms with Crippen LogP contribution in [0.4, 0.5) is 5.69 Å². The first-order valence-corrected chi connectivity index (χ1v) is 5.46. The zero-order chi connectivity index (χ0) is 13.1. The number of aryl methyl sites for hydroxylation is 2. The highest BCUT2D eigenvalue weighted by Gasteiger charge is 2.13. The molecule has 0 spiro atoms. The Kier molecular flexibility index (Phi) is 3.27. The van der Waals surface area contributed by atoms with Gasteiger partial charge in [-0.25, -0.2) is 0 Å². The monoisotopic (exact) mass is 247 g/mol. The summed E-state index contributed by atoms with van der Waals surface area (Å²) in [5.74, 6) is -0.833. The number of rotatable bonds is 3. The van der Waals surface area contributed by atoms with Gasteiger partial charge in [-0.05, 0) is 25.0 Å². The van der Waals surface area contributed by atoms with Crippen molar-refractivity contribution < 1.29 is 19.1 Å². The van der Waals surface area contributed by atoms with Crippen LogP contribution in [0.5, 0.6) is 5.95 Å². The lowest BCUT2D eigenvalue weighted by molar-refractivity contribution is -0.750. The van der Waals surface area contributed by atoms with Gasteiger partial charge in [0.05, 0.1) is 5.27 Å². The van der Waals surface area contributed by atoms with Gasteiger partial charge in [0.1, 0.15) is 5.95 Å². The van der Waals surface area contributed by atoms with Gasteiger partial charge in [-0.3, -0.25) is 4.79 Å². The van der Waals surface area contributed by atoms with E-state index < -0.39 is 5.95 Å². The van der Waals surface area contributed by atoms with Crippen molar-refractivity contribution in [1.29, 1.82) is 0 Å². The number of carbonyl (C=O) groups is 1. The molecule has 1 aromatic heterocycles. The molecule has 1 aromatic carbocycles. The molecule has 0 unspecified atom stereocenters. The van der Waals surface area contributed by atoms with E-state index >= 15 is 0 Å². The normalized spacial score (nSPS) is 10.3. The van der Waals surface area contributed by atoms with Crippen LogP contribution in [0.1, 0.15) is 11.1 Å². The maximum Gasteiger partial charge on any atom is 0.292 e. The summed E-state index contributed by atoms with van der Waals surface area (Å²) in [6, 6.07) is 5.76. The van der Waals surface area contributed by atoms with Crippen LogP contribution in [0, 0.1) is 13.8 Å². The largest absolute Gasteiger partial charge is 0.539 e. The minimum atomic E-state index is -0.574. The maximum atomic E-state index is 11.8. The fourth-order valence-corrected chi connectivity index (χ4v) is 1.67. The summed E-state index contributed by atoms with van der Waals surface area (Å²) in [7, 11) is 0. The number of para-hydroxylation sites is 1. The molecule has 1 amide bonds. The molecule has 0 saturated heterocycles. The van der Waals surface area contributed by atoms with E-state index in [2.05, 4.69) is 15.1 Å². The highest BCUT2D eigenvalue weighted by atomic mass is 16.6. The first-order valence-electron chi connectivity index (χ1n) is 5.46. The molecule has 0 aliphatic heterocycles. The van der Waals surface area contributed by atoms with Gasteiger partial charge in [-0.15, -0.1) is 0 Å². The van der Waals surface area contributed by atoms with Crippen molar-refractivity contribution in [3.63, 3.8) is 0 Å². The van der Waals surface area contributed by atoms with E-state index in [1.165, 1.54) is 0 Å². The molecule has 6 heteroatoms. The standard InChI is InChI=1S/C12H13N3O3/c1-8-4-3-5-9(2)12(8)13-10(16)6-15-7-11(17)18-14-15/h3-5,7H,6H2,1-2H3,(H-,13,14,16,17). The third-order valence-electron chi connectivity index (χ3n) is 2.54. The van der Waals surface area contributed by atoms with E-state index in [4.69, 9.17) is 0 Å². The van der Waals surface area contributed by atoms with Crippen molar-refractivity contribution in [2.75, 3.05) is 5.32 Å². The minimum Gasteiger partial charge on any atom is -0.539 e. The molecule has 0 fully saturated rings. The number of anilines is 1. The Morgan fingerprint density at radius 2 is 2.11 bits per heavy atom. The number of benzene rings is 1. The lowest BCUT2D eigenvalue weighted by Crippen LogP contribution is -2.41. The van der Waals surface area contributed by atoms with E-state index in [0.717, 1.165) is 27.7 Å². The lowest BCUT2D eigenvalue weighted by atomic mass is 10.1. The third kappa shape index (κ3) is 2.65. The second-order valence-corrected chi connectivity index (χ2v) is 4.03. The highest BCUT2D eigenvalue weighted by molar-refractivity contribution is 5.91. The van der Waals surface area contributed by atoms with Crippen LogP contribution in [0.3, 0.4) is 0 Å². The fraction of sp³-hybridized carbons (Fsp3) is 0.250. The number of hydrogen-bond donors (Lipinski definition) is 1. The topological polar surface area (TPSA) is 82.1 Å². The summed E-state index contributed by atoms with van der Waals surface area (Å²) in [6.45, 7) is 3.78. The minimum absolute atomic E-state index is 0.0560. The van der Waals surface area contributed by atoms with E-state index in [1.807, 2.05) is 32.0 Å². The van der Waals surface area contributed by atoms with Crippen molar-refractivity contribution >= 4 is 11.6 Å². The Morgan fingerprint density at radius 3 is 2.67 bits per heavy atom. The lowest BCUT2D eigenvalue weighted by Gasteiger charge is -2.09. The number of carbonyl (C=O) groups excluding carboxylic acids is 1. The first kappa shape index (κ1) is 12.1. The Bertz CT molecular complexity index is 557. The van der Waals surface area contributed by atoms with Crippen molar-refractivity contribution in [2.45, 2.75) is 20.4 Å². The van der Waals surface area contributed by atoms with Gasteiger partial charge in [-0.2, -0.15) is 0 Å². The van der Waals surface area contributed by atoms with Crippen molar-refractivity contribution in [1.82, 2.24) is 5.27 Å². The third-order valence-corrected chi connectivity index (χ3v) is 2.54. The number of nitrogens with zero attached hydrogens (tertiary/aromatic N) is 2. The summed E-state index contributed by atoms with van der Waals surface area (Å²) in [4.78, 5) is 11.8. The molecule has 2 aromatic rings. The summed E-state index contributed by atoms with van der Waals surface area (Å²) < 4.78 is 5.50. The van der Waals surface area contributed by atoms with Crippen molar-refractivity contribution in [2.24, 2.45) is 0 Å². The van der Waals surface area contributed by atoms with E-state index in [1.54, 1.807) is 0 Å². The molecule has 0 radical (unpaired) electrons. The molecule has 0 bridgehead atoms. The number of aromatic nitrogens is 2. The zero-order valence-corrected chi connectivity index (χ0v) is 10.1. The van der Waals surface area contributed by atoms with Gasteiger partial charge in [0.15, 0.2) is 0 Å². The summed E-state index contributed by atoms with van der Waals surface area (Å²) in [5.41, 5.74) is 2.75. The second kappa shape index (κ2) is 4.87. The molecular weight excluding hydrogens is 234 g/mol.